The number of carbonyl (C=O) groups is 2. The molecule has 0 spiro atoms. The number of allylic oxidation sites excluding steroid dienone is 2. The predicted molar refractivity (Wildman–Crippen MR) is 49.9 cm³/mol. The van der Waals surface area contributed by atoms with E-state index in [0.717, 1.165) is 12.8 Å². The second kappa shape index (κ2) is 4.60. The molecule has 0 bridgehead atoms. The van der Waals surface area contributed by atoms with Crippen LogP contribution >= 0.6 is 0 Å². The van der Waals surface area contributed by atoms with E-state index < -0.39 is 11.9 Å². The van der Waals surface area contributed by atoms with Gasteiger partial charge in [-0.2, -0.15) is 0 Å². The number of aliphatic carboxylic acids is 2. The van der Waals surface area contributed by atoms with Crippen molar-refractivity contribution in [2.24, 2.45) is 0 Å². The average Bonchev–Trinajstić information content (AvgIpc) is 2.01. The summed E-state index contributed by atoms with van der Waals surface area (Å²) in [4.78, 5) is 21.5. The van der Waals surface area contributed by atoms with Gasteiger partial charge in [-0.05, 0) is 25.7 Å². The number of hydrogen-bond acceptors (Lipinski definition) is 2. The van der Waals surface area contributed by atoms with Gasteiger partial charge in [0.15, 0.2) is 0 Å². The van der Waals surface area contributed by atoms with Crippen molar-refractivity contribution in [2.75, 3.05) is 0 Å². The lowest BCUT2D eigenvalue weighted by Gasteiger charge is -2.07. The Balaban J connectivity index is 3.03. The van der Waals surface area contributed by atoms with Crippen LogP contribution in [0.15, 0.2) is 23.3 Å². The maximum atomic E-state index is 10.8. The summed E-state index contributed by atoms with van der Waals surface area (Å²) in [6.07, 6.45) is 6.04. The van der Waals surface area contributed by atoms with E-state index in [4.69, 9.17) is 10.2 Å². The molecule has 1 rings (SSSR count). The predicted octanol–water partition coefficient (Wildman–Crippen LogP) is 1.58. The molecule has 0 aromatic rings. The molecule has 0 saturated carbocycles. The molecule has 0 fully saturated rings. The minimum atomic E-state index is -1.17. The Kier molecular flexibility index (Phi) is 3.45. The van der Waals surface area contributed by atoms with E-state index in [2.05, 4.69) is 0 Å². The van der Waals surface area contributed by atoms with E-state index in [-0.39, 0.29) is 11.1 Å². The lowest BCUT2D eigenvalue weighted by molar-refractivity contribution is -0.136. The number of rotatable bonds is 2. The van der Waals surface area contributed by atoms with Crippen LogP contribution < -0.4 is 0 Å². The Hall–Kier alpha value is -1.58. The highest BCUT2D eigenvalue weighted by atomic mass is 16.4. The number of carboxylic acids is 2. The highest BCUT2D eigenvalue weighted by molar-refractivity contribution is 6.05. The van der Waals surface area contributed by atoms with Gasteiger partial charge in [0, 0.05) is 0 Å². The van der Waals surface area contributed by atoms with Crippen LogP contribution in [-0.2, 0) is 9.59 Å². The fourth-order valence-corrected chi connectivity index (χ4v) is 1.41. The van der Waals surface area contributed by atoms with Crippen LogP contribution in [0.5, 0.6) is 0 Å². The summed E-state index contributed by atoms with van der Waals surface area (Å²) in [6.45, 7) is 0. The van der Waals surface area contributed by atoms with Crippen molar-refractivity contribution in [3.8, 4) is 0 Å². The van der Waals surface area contributed by atoms with Crippen LogP contribution in [0.3, 0.4) is 0 Å². The summed E-state index contributed by atoms with van der Waals surface area (Å²) in [5.41, 5.74) is -0.172. The maximum Gasteiger partial charge on any atom is 0.336 e. The molecule has 0 saturated heterocycles. The van der Waals surface area contributed by atoms with E-state index in [1.165, 1.54) is 12.2 Å². The summed E-state index contributed by atoms with van der Waals surface area (Å²) in [5, 5.41) is 17.6. The summed E-state index contributed by atoms with van der Waals surface area (Å²) < 4.78 is 0. The normalized spacial score (nSPS) is 24.9. The minimum Gasteiger partial charge on any atom is -0.478 e. The van der Waals surface area contributed by atoms with Gasteiger partial charge in [-0.15, -0.1) is 0 Å². The van der Waals surface area contributed by atoms with Gasteiger partial charge in [-0.25, -0.2) is 9.59 Å². The van der Waals surface area contributed by atoms with E-state index in [9.17, 15) is 9.59 Å². The van der Waals surface area contributed by atoms with Crippen molar-refractivity contribution in [3.05, 3.63) is 23.3 Å². The maximum absolute atomic E-state index is 10.8. The minimum absolute atomic E-state index is 0.0859. The first-order valence-electron chi connectivity index (χ1n) is 4.50. The monoisotopic (exact) mass is 196 g/mol. The first kappa shape index (κ1) is 10.5. The molecule has 2 N–H and O–H groups in total. The van der Waals surface area contributed by atoms with Gasteiger partial charge in [0.05, 0.1) is 11.1 Å². The van der Waals surface area contributed by atoms with Crippen LogP contribution in [0.2, 0.25) is 0 Å². The molecule has 1 aliphatic rings. The summed E-state index contributed by atoms with van der Waals surface area (Å²) in [6, 6.07) is 0. The average molecular weight is 196 g/mol. The molecular weight excluding hydrogens is 184 g/mol. The fraction of sp³-hybridized carbons (Fsp3) is 0.400. The Morgan fingerprint density at radius 3 is 1.57 bits per heavy atom. The molecule has 0 aliphatic heterocycles. The lowest BCUT2D eigenvalue weighted by atomic mass is 9.99. The first-order chi connectivity index (χ1) is 6.63. The molecule has 0 heterocycles. The van der Waals surface area contributed by atoms with Crippen LogP contribution in [-0.4, -0.2) is 22.2 Å². The van der Waals surface area contributed by atoms with Gasteiger partial charge < -0.3 is 10.2 Å². The molecule has 0 aromatic carbocycles. The second-order valence-electron chi connectivity index (χ2n) is 3.13. The quantitative estimate of drug-likeness (QED) is 0.703. The Labute approximate surface area is 81.6 Å². The molecule has 4 nitrogen and oxygen atoms in total. The van der Waals surface area contributed by atoms with Gasteiger partial charge in [0.25, 0.3) is 0 Å². The van der Waals surface area contributed by atoms with Crippen molar-refractivity contribution in [1.29, 1.82) is 0 Å². The molecule has 76 valence electrons. The zero-order valence-corrected chi connectivity index (χ0v) is 7.69. The smallest absolute Gasteiger partial charge is 0.336 e. The first-order valence-corrected chi connectivity index (χ1v) is 4.50. The third-order valence-electron chi connectivity index (χ3n) is 2.11. The SMILES string of the molecule is O=C(O)C1=C/CCCC/C=C\1C(=O)O. The van der Waals surface area contributed by atoms with Gasteiger partial charge in [0.1, 0.15) is 0 Å². The second-order valence-corrected chi connectivity index (χ2v) is 3.13. The molecule has 1 aliphatic carbocycles. The van der Waals surface area contributed by atoms with Gasteiger partial charge in [-0.3, -0.25) is 0 Å². The summed E-state index contributed by atoms with van der Waals surface area (Å²) in [7, 11) is 0. The van der Waals surface area contributed by atoms with Crippen LogP contribution in [0.4, 0.5) is 0 Å². The molecule has 0 aromatic heterocycles. The van der Waals surface area contributed by atoms with Gasteiger partial charge in [-0.1, -0.05) is 12.2 Å². The Morgan fingerprint density at radius 2 is 1.29 bits per heavy atom. The number of hydrogen-bond donors (Lipinski definition) is 2. The largest absolute Gasteiger partial charge is 0.478 e. The molecule has 4 heteroatoms. The van der Waals surface area contributed by atoms with E-state index >= 15 is 0 Å². The molecule has 0 radical (unpaired) electrons. The van der Waals surface area contributed by atoms with Crippen molar-refractivity contribution >= 4 is 11.9 Å². The van der Waals surface area contributed by atoms with E-state index in [0.29, 0.717) is 12.8 Å². The molecule has 0 amide bonds. The fourth-order valence-electron chi connectivity index (χ4n) is 1.41. The van der Waals surface area contributed by atoms with Crippen LogP contribution in [0.1, 0.15) is 25.7 Å². The topological polar surface area (TPSA) is 74.6 Å². The van der Waals surface area contributed by atoms with Gasteiger partial charge in [0.2, 0.25) is 0 Å². The highest BCUT2D eigenvalue weighted by Gasteiger charge is 2.19. The van der Waals surface area contributed by atoms with Crippen molar-refractivity contribution in [1.82, 2.24) is 0 Å². The lowest BCUT2D eigenvalue weighted by Crippen LogP contribution is -2.12. The van der Waals surface area contributed by atoms with Gasteiger partial charge >= 0.3 is 11.9 Å². The van der Waals surface area contributed by atoms with E-state index in [1.54, 1.807) is 0 Å². The van der Waals surface area contributed by atoms with Crippen molar-refractivity contribution in [3.63, 3.8) is 0 Å². The third-order valence-corrected chi connectivity index (χ3v) is 2.11. The molecular formula is C10H12O4. The van der Waals surface area contributed by atoms with Crippen molar-refractivity contribution in [2.45, 2.75) is 25.7 Å². The molecule has 0 atom stereocenters. The Morgan fingerprint density at radius 1 is 0.929 bits per heavy atom. The van der Waals surface area contributed by atoms with Crippen LogP contribution in [0.25, 0.3) is 0 Å². The zero-order valence-electron chi connectivity index (χ0n) is 7.69. The zero-order chi connectivity index (χ0) is 10.6. The van der Waals surface area contributed by atoms with Crippen molar-refractivity contribution < 1.29 is 19.8 Å². The Bertz CT molecular complexity index is 280. The van der Waals surface area contributed by atoms with E-state index in [1.807, 2.05) is 0 Å². The molecule has 0 unspecified atom stereocenters. The standard InChI is InChI=1S/C10H12O4/c11-9(12)7-5-3-1-2-4-6-8(7)10(13)14/h5-6H,1-4H2,(H,11,12)(H,13,14)/b7-5+,8-6+. The molecule has 14 heavy (non-hydrogen) atoms. The van der Waals surface area contributed by atoms with Crippen LogP contribution in [0, 0.1) is 0 Å². The number of carboxylic acid groups (broad SMARTS) is 2. The highest BCUT2D eigenvalue weighted by Crippen LogP contribution is 2.18. The summed E-state index contributed by atoms with van der Waals surface area (Å²) >= 11 is 0. The summed E-state index contributed by atoms with van der Waals surface area (Å²) in [5.74, 6) is -2.33. The third kappa shape index (κ3) is 2.45.